The zero-order chi connectivity index (χ0) is 13.4. The summed E-state index contributed by atoms with van der Waals surface area (Å²) in [5, 5.41) is 5.63. The smallest absolute Gasteiger partial charge is 0.234 e. The molecule has 5 nitrogen and oxygen atoms in total. The summed E-state index contributed by atoms with van der Waals surface area (Å²) in [5.41, 5.74) is 0. The molecule has 1 aliphatic carbocycles. The quantitative estimate of drug-likeness (QED) is 0.691. The summed E-state index contributed by atoms with van der Waals surface area (Å²) < 4.78 is 23.2. The van der Waals surface area contributed by atoms with Crippen molar-refractivity contribution < 1.29 is 13.2 Å². The number of nitrogens with one attached hydrogen (secondary N) is 2. The van der Waals surface area contributed by atoms with Gasteiger partial charge in [0.1, 0.15) is 5.75 Å². The molecule has 0 aromatic heterocycles. The van der Waals surface area contributed by atoms with Gasteiger partial charge in [-0.3, -0.25) is 4.79 Å². The first-order valence-corrected chi connectivity index (χ1v) is 8.50. The average Bonchev–Trinajstić information content (AvgIpc) is 2.56. The van der Waals surface area contributed by atoms with E-state index in [1.165, 1.54) is 32.7 Å². The lowest BCUT2D eigenvalue weighted by atomic mass is 10.1. The van der Waals surface area contributed by atoms with E-state index in [0.717, 1.165) is 12.8 Å². The van der Waals surface area contributed by atoms with Crippen molar-refractivity contribution in [2.45, 2.75) is 44.6 Å². The van der Waals surface area contributed by atoms with Gasteiger partial charge in [0.2, 0.25) is 5.91 Å². The number of hydrogen-bond donors (Lipinski definition) is 2. The number of carbonyl (C=O) groups is 1. The molecule has 18 heavy (non-hydrogen) atoms. The first-order chi connectivity index (χ1) is 8.53. The number of sulfone groups is 1. The molecule has 0 aromatic rings. The highest BCUT2D eigenvalue weighted by molar-refractivity contribution is 7.92. The molecule has 1 amide bonds. The van der Waals surface area contributed by atoms with Gasteiger partial charge in [0.15, 0.2) is 9.84 Å². The standard InChI is InChI=1S/C12H24N2O3S/c1-13-12(15)10-18(16,17)9-8-14-11-6-4-2-3-5-7-11/h11,14H,2-10H2,1H3,(H,13,15). The van der Waals surface area contributed by atoms with Gasteiger partial charge in [-0.25, -0.2) is 8.42 Å². The first-order valence-electron chi connectivity index (χ1n) is 6.68. The maximum Gasteiger partial charge on any atom is 0.234 e. The van der Waals surface area contributed by atoms with Crippen LogP contribution in [0.15, 0.2) is 0 Å². The molecule has 0 unspecified atom stereocenters. The second-order valence-corrected chi connectivity index (χ2v) is 7.09. The molecule has 0 saturated heterocycles. The monoisotopic (exact) mass is 276 g/mol. The molecule has 1 fully saturated rings. The van der Waals surface area contributed by atoms with Crippen molar-refractivity contribution >= 4 is 15.7 Å². The van der Waals surface area contributed by atoms with Crippen LogP contribution in [0.1, 0.15) is 38.5 Å². The Morgan fingerprint density at radius 3 is 2.33 bits per heavy atom. The van der Waals surface area contributed by atoms with Crippen molar-refractivity contribution in [3.05, 3.63) is 0 Å². The van der Waals surface area contributed by atoms with Gasteiger partial charge in [-0.2, -0.15) is 0 Å². The zero-order valence-corrected chi connectivity index (χ0v) is 11.9. The summed E-state index contributed by atoms with van der Waals surface area (Å²) in [7, 11) is -1.83. The van der Waals surface area contributed by atoms with Gasteiger partial charge in [0.25, 0.3) is 0 Å². The van der Waals surface area contributed by atoms with Gasteiger partial charge in [-0.15, -0.1) is 0 Å². The number of hydrogen-bond acceptors (Lipinski definition) is 4. The highest BCUT2D eigenvalue weighted by Gasteiger charge is 2.17. The Balaban J connectivity index is 2.25. The fourth-order valence-electron chi connectivity index (χ4n) is 2.25. The summed E-state index contributed by atoms with van der Waals surface area (Å²) in [6, 6.07) is 0.447. The van der Waals surface area contributed by atoms with Crippen LogP contribution in [0, 0.1) is 0 Å². The van der Waals surface area contributed by atoms with E-state index in [0.29, 0.717) is 12.6 Å². The summed E-state index contributed by atoms with van der Waals surface area (Å²) in [6.45, 7) is 0.448. The summed E-state index contributed by atoms with van der Waals surface area (Å²) in [6.07, 6.45) is 7.29. The van der Waals surface area contributed by atoms with Crippen LogP contribution < -0.4 is 10.6 Å². The lowest BCUT2D eigenvalue weighted by Gasteiger charge is -2.15. The van der Waals surface area contributed by atoms with E-state index in [-0.39, 0.29) is 5.75 Å². The van der Waals surface area contributed by atoms with Crippen molar-refractivity contribution in [3.63, 3.8) is 0 Å². The third kappa shape index (κ3) is 6.35. The minimum absolute atomic E-state index is 0.0386. The molecule has 2 N–H and O–H groups in total. The van der Waals surface area contributed by atoms with E-state index >= 15 is 0 Å². The number of amides is 1. The Kier molecular flexibility index (Phi) is 6.63. The predicted octanol–water partition coefficient (Wildman–Crippen LogP) is 0.460. The van der Waals surface area contributed by atoms with E-state index in [9.17, 15) is 13.2 Å². The molecule has 1 saturated carbocycles. The second kappa shape index (κ2) is 7.74. The van der Waals surface area contributed by atoms with E-state index in [2.05, 4.69) is 10.6 Å². The Labute approximate surface area is 110 Å². The van der Waals surface area contributed by atoms with E-state index < -0.39 is 21.5 Å². The Morgan fingerprint density at radius 2 is 1.78 bits per heavy atom. The molecule has 0 radical (unpaired) electrons. The van der Waals surface area contributed by atoms with Crippen molar-refractivity contribution in [2.75, 3.05) is 25.1 Å². The normalized spacial score (nSPS) is 18.3. The van der Waals surface area contributed by atoms with Gasteiger partial charge in [0, 0.05) is 19.6 Å². The molecule has 106 valence electrons. The molecule has 0 bridgehead atoms. The Hall–Kier alpha value is -0.620. The lowest BCUT2D eigenvalue weighted by molar-refractivity contribution is -0.118. The molecule has 1 rings (SSSR count). The van der Waals surface area contributed by atoms with Gasteiger partial charge in [0.05, 0.1) is 5.75 Å². The largest absolute Gasteiger partial charge is 0.358 e. The van der Waals surface area contributed by atoms with Crippen LogP contribution in [0.3, 0.4) is 0 Å². The topological polar surface area (TPSA) is 75.3 Å². The Bertz CT molecular complexity index is 346. The molecule has 6 heteroatoms. The van der Waals surface area contributed by atoms with Crippen molar-refractivity contribution in [1.29, 1.82) is 0 Å². The molecule has 0 spiro atoms. The maximum absolute atomic E-state index is 11.6. The molecule has 1 aliphatic rings. The van der Waals surface area contributed by atoms with Gasteiger partial charge in [-0.1, -0.05) is 25.7 Å². The van der Waals surface area contributed by atoms with E-state index in [1.54, 1.807) is 0 Å². The molecule has 0 aliphatic heterocycles. The van der Waals surface area contributed by atoms with Crippen molar-refractivity contribution in [1.82, 2.24) is 10.6 Å². The summed E-state index contributed by atoms with van der Waals surface area (Å²) in [4.78, 5) is 11.0. The van der Waals surface area contributed by atoms with Crippen LogP contribution in [0.25, 0.3) is 0 Å². The second-order valence-electron chi connectivity index (χ2n) is 4.91. The van der Waals surface area contributed by atoms with E-state index in [4.69, 9.17) is 0 Å². The van der Waals surface area contributed by atoms with Crippen LogP contribution in [-0.2, 0) is 14.6 Å². The third-order valence-electron chi connectivity index (χ3n) is 3.33. The molecular formula is C12H24N2O3S. The fraction of sp³-hybridized carbons (Fsp3) is 0.917. The van der Waals surface area contributed by atoms with Crippen LogP contribution in [0.2, 0.25) is 0 Å². The fourth-order valence-corrected chi connectivity index (χ4v) is 3.36. The minimum atomic E-state index is -3.28. The Morgan fingerprint density at radius 1 is 1.17 bits per heavy atom. The maximum atomic E-state index is 11.6. The minimum Gasteiger partial charge on any atom is -0.358 e. The highest BCUT2D eigenvalue weighted by atomic mass is 32.2. The van der Waals surface area contributed by atoms with Crippen LogP contribution in [-0.4, -0.2) is 45.5 Å². The molecule has 0 heterocycles. The van der Waals surface area contributed by atoms with Crippen LogP contribution >= 0.6 is 0 Å². The average molecular weight is 276 g/mol. The van der Waals surface area contributed by atoms with E-state index in [1.807, 2.05) is 0 Å². The van der Waals surface area contributed by atoms with Crippen LogP contribution in [0.5, 0.6) is 0 Å². The zero-order valence-electron chi connectivity index (χ0n) is 11.1. The molecule has 0 aromatic carbocycles. The summed E-state index contributed by atoms with van der Waals surface area (Å²) in [5.74, 6) is -0.809. The SMILES string of the molecule is CNC(=O)CS(=O)(=O)CCNC1CCCCCC1. The van der Waals surface area contributed by atoms with Crippen molar-refractivity contribution in [3.8, 4) is 0 Å². The number of carbonyl (C=O) groups excluding carboxylic acids is 1. The predicted molar refractivity (Wildman–Crippen MR) is 72.2 cm³/mol. The lowest BCUT2D eigenvalue weighted by Crippen LogP contribution is -2.35. The highest BCUT2D eigenvalue weighted by Crippen LogP contribution is 2.16. The van der Waals surface area contributed by atoms with Crippen molar-refractivity contribution in [2.24, 2.45) is 0 Å². The van der Waals surface area contributed by atoms with Crippen LogP contribution in [0.4, 0.5) is 0 Å². The number of rotatable bonds is 6. The van der Waals surface area contributed by atoms with Gasteiger partial charge < -0.3 is 10.6 Å². The molecular weight excluding hydrogens is 252 g/mol. The summed E-state index contributed by atoms with van der Waals surface area (Å²) >= 11 is 0. The van der Waals surface area contributed by atoms with Gasteiger partial charge in [-0.05, 0) is 12.8 Å². The third-order valence-corrected chi connectivity index (χ3v) is 4.86. The van der Waals surface area contributed by atoms with Gasteiger partial charge >= 0.3 is 0 Å². The molecule has 0 atom stereocenters. The first kappa shape index (κ1) is 15.4.